The van der Waals surface area contributed by atoms with Crippen LogP contribution in [0.4, 0.5) is 4.39 Å². The summed E-state index contributed by atoms with van der Waals surface area (Å²) in [4.78, 5) is 12.0. The van der Waals surface area contributed by atoms with E-state index in [-0.39, 0.29) is 10.8 Å². The average molecular weight is 263 g/mol. The van der Waals surface area contributed by atoms with Crippen molar-refractivity contribution in [1.82, 2.24) is 0 Å². The first-order valence-electron chi connectivity index (χ1n) is 5.60. The summed E-state index contributed by atoms with van der Waals surface area (Å²) < 4.78 is 13.0. The van der Waals surface area contributed by atoms with E-state index in [1.165, 1.54) is 18.2 Å². The molecule has 2 aromatic rings. The number of hydrogen-bond acceptors (Lipinski definition) is 1. The number of hydrogen-bond donors (Lipinski definition) is 0. The molecule has 92 valence electrons. The van der Waals surface area contributed by atoms with Gasteiger partial charge >= 0.3 is 0 Å². The summed E-state index contributed by atoms with van der Waals surface area (Å²) in [6, 6.07) is 11.7. The standard InChI is InChI=1S/C15H12ClFO/c1-10-4-2-3-5-11(10)9-15(18)12-6-7-14(17)13(16)8-12/h2-8H,9H2,1H3. The van der Waals surface area contributed by atoms with Crippen molar-refractivity contribution in [1.29, 1.82) is 0 Å². The third-order valence-corrected chi connectivity index (χ3v) is 3.14. The molecule has 0 unspecified atom stereocenters. The average Bonchev–Trinajstić information content (AvgIpc) is 2.35. The zero-order valence-electron chi connectivity index (χ0n) is 9.91. The molecule has 0 spiro atoms. The quantitative estimate of drug-likeness (QED) is 0.757. The Kier molecular flexibility index (Phi) is 3.78. The summed E-state index contributed by atoms with van der Waals surface area (Å²) in [5, 5.41) is -0.0226. The SMILES string of the molecule is Cc1ccccc1CC(=O)c1ccc(F)c(Cl)c1. The molecule has 2 rings (SSSR count). The predicted octanol–water partition coefficient (Wildman–Crippen LogP) is 4.21. The van der Waals surface area contributed by atoms with E-state index < -0.39 is 5.82 Å². The Balaban J connectivity index is 2.22. The minimum Gasteiger partial charge on any atom is -0.294 e. The zero-order valence-corrected chi connectivity index (χ0v) is 10.7. The van der Waals surface area contributed by atoms with Gasteiger partial charge in [0.1, 0.15) is 5.82 Å². The summed E-state index contributed by atoms with van der Waals surface area (Å²) in [6.07, 6.45) is 0.300. The summed E-state index contributed by atoms with van der Waals surface area (Å²) in [5.41, 5.74) is 2.48. The number of Topliss-reactive ketones (excluding diaryl/α,β-unsaturated/α-hetero) is 1. The molecule has 0 amide bonds. The summed E-state index contributed by atoms with van der Waals surface area (Å²) in [5.74, 6) is -0.574. The van der Waals surface area contributed by atoms with Crippen LogP contribution in [-0.2, 0) is 6.42 Å². The van der Waals surface area contributed by atoms with Gasteiger partial charge in [0, 0.05) is 12.0 Å². The molecule has 0 aliphatic heterocycles. The highest BCUT2D eigenvalue weighted by Crippen LogP contribution is 2.18. The highest BCUT2D eigenvalue weighted by atomic mass is 35.5. The van der Waals surface area contributed by atoms with E-state index in [9.17, 15) is 9.18 Å². The van der Waals surface area contributed by atoms with Crippen LogP contribution in [-0.4, -0.2) is 5.78 Å². The topological polar surface area (TPSA) is 17.1 Å². The molecule has 0 saturated carbocycles. The van der Waals surface area contributed by atoms with E-state index in [2.05, 4.69) is 0 Å². The predicted molar refractivity (Wildman–Crippen MR) is 70.6 cm³/mol. The maximum atomic E-state index is 13.0. The van der Waals surface area contributed by atoms with E-state index in [1.807, 2.05) is 31.2 Å². The van der Waals surface area contributed by atoms with Crippen LogP contribution in [0.3, 0.4) is 0 Å². The first kappa shape index (κ1) is 12.8. The van der Waals surface area contributed by atoms with Gasteiger partial charge in [0.05, 0.1) is 5.02 Å². The number of ketones is 1. The van der Waals surface area contributed by atoms with Gasteiger partial charge in [-0.2, -0.15) is 0 Å². The molecule has 0 atom stereocenters. The van der Waals surface area contributed by atoms with Crippen LogP contribution < -0.4 is 0 Å². The minimum atomic E-state index is -0.510. The molecule has 0 fully saturated rings. The van der Waals surface area contributed by atoms with Gasteiger partial charge in [0.2, 0.25) is 0 Å². The molecule has 0 aliphatic carbocycles. The highest BCUT2D eigenvalue weighted by molar-refractivity contribution is 6.31. The van der Waals surface area contributed by atoms with Crippen molar-refractivity contribution >= 4 is 17.4 Å². The number of halogens is 2. The number of benzene rings is 2. The normalized spacial score (nSPS) is 10.4. The molecule has 2 aromatic carbocycles. The molecular formula is C15H12ClFO. The Morgan fingerprint density at radius 1 is 1.22 bits per heavy atom. The monoisotopic (exact) mass is 262 g/mol. The fraction of sp³-hybridized carbons (Fsp3) is 0.133. The van der Waals surface area contributed by atoms with Gasteiger partial charge in [0.25, 0.3) is 0 Å². The molecule has 1 nitrogen and oxygen atoms in total. The Morgan fingerprint density at radius 3 is 2.61 bits per heavy atom. The number of carbonyl (C=O) groups excluding carboxylic acids is 1. The van der Waals surface area contributed by atoms with E-state index >= 15 is 0 Å². The lowest BCUT2D eigenvalue weighted by Crippen LogP contribution is -2.05. The van der Waals surface area contributed by atoms with Gasteiger partial charge in [-0.3, -0.25) is 4.79 Å². The Bertz CT molecular complexity index is 593. The van der Waals surface area contributed by atoms with Crippen molar-refractivity contribution in [2.45, 2.75) is 13.3 Å². The molecule has 18 heavy (non-hydrogen) atoms. The molecule has 0 heterocycles. The zero-order chi connectivity index (χ0) is 13.1. The van der Waals surface area contributed by atoms with Crippen molar-refractivity contribution in [2.75, 3.05) is 0 Å². The Hall–Kier alpha value is -1.67. The van der Waals surface area contributed by atoms with Crippen molar-refractivity contribution in [3.8, 4) is 0 Å². The molecule has 0 N–H and O–H groups in total. The van der Waals surface area contributed by atoms with Crippen molar-refractivity contribution < 1.29 is 9.18 Å². The third-order valence-electron chi connectivity index (χ3n) is 2.85. The molecule has 0 aliphatic rings. The maximum Gasteiger partial charge on any atom is 0.167 e. The van der Waals surface area contributed by atoms with E-state index in [0.717, 1.165) is 11.1 Å². The Morgan fingerprint density at radius 2 is 1.94 bits per heavy atom. The van der Waals surface area contributed by atoms with Crippen molar-refractivity contribution in [2.24, 2.45) is 0 Å². The second kappa shape index (κ2) is 5.32. The second-order valence-electron chi connectivity index (χ2n) is 4.16. The molecule has 0 aromatic heterocycles. The van der Waals surface area contributed by atoms with Crippen LogP contribution in [0, 0.1) is 12.7 Å². The highest BCUT2D eigenvalue weighted by Gasteiger charge is 2.10. The maximum absolute atomic E-state index is 13.0. The summed E-state index contributed by atoms with van der Waals surface area (Å²) in [7, 11) is 0. The lowest BCUT2D eigenvalue weighted by molar-refractivity contribution is 0.0992. The van der Waals surface area contributed by atoms with Gasteiger partial charge in [0.15, 0.2) is 5.78 Å². The van der Waals surface area contributed by atoms with Crippen LogP contribution in [0.25, 0.3) is 0 Å². The van der Waals surface area contributed by atoms with Crippen LogP contribution in [0.2, 0.25) is 5.02 Å². The number of carbonyl (C=O) groups is 1. The minimum absolute atomic E-state index is 0.0226. The summed E-state index contributed by atoms with van der Waals surface area (Å²) >= 11 is 5.66. The molecule has 3 heteroatoms. The number of aryl methyl sites for hydroxylation is 1. The van der Waals surface area contributed by atoms with Crippen LogP contribution in [0.1, 0.15) is 21.5 Å². The number of rotatable bonds is 3. The Labute approximate surface area is 110 Å². The molecular weight excluding hydrogens is 251 g/mol. The summed E-state index contributed by atoms with van der Waals surface area (Å²) in [6.45, 7) is 1.96. The van der Waals surface area contributed by atoms with Gasteiger partial charge in [-0.25, -0.2) is 4.39 Å². The van der Waals surface area contributed by atoms with Gasteiger partial charge < -0.3 is 0 Å². The van der Waals surface area contributed by atoms with E-state index in [1.54, 1.807) is 0 Å². The lowest BCUT2D eigenvalue weighted by Gasteiger charge is -2.05. The molecule has 0 saturated heterocycles. The van der Waals surface area contributed by atoms with Gasteiger partial charge in [-0.15, -0.1) is 0 Å². The van der Waals surface area contributed by atoms with Crippen molar-refractivity contribution in [3.05, 3.63) is 70.0 Å². The second-order valence-corrected chi connectivity index (χ2v) is 4.56. The molecule has 0 radical (unpaired) electrons. The first-order valence-corrected chi connectivity index (χ1v) is 5.98. The third kappa shape index (κ3) is 2.77. The van der Waals surface area contributed by atoms with Crippen LogP contribution in [0.15, 0.2) is 42.5 Å². The lowest BCUT2D eigenvalue weighted by atomic mass is 9.99. The fourth-order valence-electron chi connectivity index (χ4n) is 1.75. The molecule has 0 bridgehead atoms. The fourth-order valence-corrected chi connectivity index (χ4v) is 1.93. The van der Waals surface area contributed by atoms with E-state index in [4.69, 9.17) is 11.6 Å². The van der Waals surface area contributed by atoms with Gasteiger partial charge in [-0.05, 0) is 36.2 Å². The van der Waals surface area contributed by atoms with E-state index in [0.29, 0.717) is 12.0 Å². The van der Waals surface area contributed by atoms with Crippen LogP contribution >= 0.6 is 11.6 Å². The first-order chi connectivity index (χ1) is 8.58. The smallest absolute Gasteiger partial charge is 0.167 e. The van der Waals surface area contributed by atoms with Crippen LogP contribution in [0.5, 0.6) is 0 Å². The largest absolute Gasteiger partial charge is 0.294 e. The van der Waals surface area contributed by atoms with Gasteiger partial charge in [-0.1, -0.05) is 35.9 Å². The van der Waals surface area contributed by atoms with Crippen molar-refractivity contribution in [3.63, 3.8) is 0 Å².